The minimum Gasteiger partial charge on any atom is -0.342 e. The van der Waals surface area contributed by atoms with E-state index in [1.54, 1.807) is 0 Å². The van der Waals surface area contributed by atoms with Crippen LogP contribution in [0.2, 0.25) is 0 Å². The number of rotatable bonds is 1. The summed E-state index contributed by atoms with van der Waals surface area (Å²) >= 11 is 0. The average Bonchev–Trinajstić information content (AvgIpc) is 2.13. The zero-order valence-corrected chi connectivity index (χ0v) is 9.20. The second-order valence-electron chi connectivity index (χ2n) is 4.93. The Hall–Kier alpha value is -0.570. The van der Waals surface area contributed by atoms with Crippen molar-refractivity contribution in [2.45, 2.75) is 19.8 Å². The number of carbonyl (C=O) groups is 1. The van der Waals surface area contributed by atoms with E-state index in [9.17, 15) is 4.79 Å². The summed E-state index contributed by atoms with van der Waals surface area (Å²) in [5, 5.41) is 0. The standard InChI is InChI=1S/C11H20N2O/c1-9-7-13(8-9)11(14)10-3-5-12(2)6-4-10/h9-10H,3-8H2,1-2H3. The Labute approximate surface area is 86.1 Å². The predicted octanol–water partition coefficient (Wildman–Crippen LogP) is 0.806. The second kappa shape index (κ2) is 3.89. The molecule has 1 amide bonds. The molecule has 0 bridgehead atoms. The van der Waals surface area contributed by atoms with Gasteiger partial charge in [0, 0.05) is 19.0 Å². The van der Waals surface area contributed by atoms with Gasteiger partial charge in [0.25, 0.3) is 0 Å². The van der Waals surface area contributed by atoms with Gasteiger partial charge in [0.1, 0.15) is 0 Å². The van der Waals surface area contributed by atoms with Crippen molar-refractivity contribution >= 4 is 5.91 Å². The van der Waals surface area contributed by atoms with Crippen LogP contribution in [-0.2, 0) is 4.79 Å². The van der Waals surface area contributed by atoms with Crippen LogP contribution in [0.25, 0.3) is 0 Å². The molecule has 14 heavy (non-hydrogen) atoms. The van der Waals surface area contributed by atoms with Gasteiger partial charge in [-0.3, -0.25) is 4.79 Å². The molecule has 2 saturated heterocycles. The summed E-state index contributed by atoms with van der Waals surface area (Å²) in [7, 11) is 2.13. The Morgan fingerprint density at radius 3 is 2.29 bits per heavy atom. The lowest BCUT2D eigenvalue weighted by molar-refractivity contribution is -0.143. The van der Waals surface area contributed by atoms with Gasteiger partial charge in [-0.2, -0.15) is 0 Å². The first-order valence-electron chi connectivity index (χ1n) is 5.64. The molecule has 0 atom stereocenters. The van der Waals surface area contributed by atoms with E-state index in [1.807, 2.05) is 4.90 Å². The molecule has 0 radical (unpaired) electrons. The molecule has 0 aromatic carbocycles. The smallest absolute Gasteiger partial charge is 0.225 e. The van der Waals surface area contributed by atoms with Gasteiger partial charge in [0.15, 0.2) is 0 Å². The normalized spacial score (nSPS) is 26.3. The fraction of sp³-hybridized carbons (Fsp3) is 0.909. The highest BCUT2D eigenvalue weighted by atomic mass is 16.2. The predicted molar refractivity (Wildman–Crippen MR) is 56.0 cm³/mol. The molecule has 0 aliphatic carbocycles. The number of hydrogen-bond donors (Lipinski definition) is 0. The summed E-state index contributed by atoms with van der Waals surface area (Å²) in [6.07, 6.45) is 2.11. The maximum absolute atomic E-state index is 11.9. The van der Waals surface area contributed by atoms with E-state index in [0.717, 1.165) is 44.9 Å². The van der Waals surface area contributed by atoms with Gasteiger partial charge in [0.05, 0.1) is 0 Å². The summed E-state index contributed by atoms with van der Waals surface area (Å²) in [6.45, 7) is 6.36. The first-order valence-corrected chi connectivity index (χ1v) is 5.64. The fourth-order valence-corrected chi connectivity index (χ4v) is 2.39. The van der Waals surface area contributed by atoms with Gasteiger partial charge in [-0.1, -0.05) is 6.92 Å². The Kier molecular flexibility index (Phi) is 2.77. The molecule has 3 heteroatoms. The molecule has 0 saturated carbocycles. The van der Waals surface area contributed by atoms with E-state index in [-0.39, 0.29) is 0 Å². The molecule has 2 aliphatic rings. The quantitative estimate of drug-likeness (QED) is 0.619. The van der Waals surface area contributed by atoms with Crippen LogP contribution in [0.1, 0.15) is 19.8 Å². The highest BCUT2D eigenvalue weighted by molar-refractivity contribution is 5.79. The van der Waals surface area contributed by atoms with E-state index in [1.165, 1.54) is 0 Å². The molecule has 0 aromatic heterocycles. The Balaban J connectivity index is 1.81. The maximum Gasteiger partial charge on any atom is 0.225 e. The molecule has 0 spiro atoms. The first-order chi connectivity index (χ1) is 6.66. The number of piperidine rings is 1. The van der Waals surface area contributed by atoms with Crippen molar-refractivity contribution in [3.8, 4) is 0 Å². The molecule has 3 nitrogen and oxygen atoms in total. The lowest BCUT2D eigenvalue weighted by Gasteiger charge is -2.40. The number of carbonyl (C=O) groups excluding carboxylic acids is 1. The van der Waals surface area contributed by atoms with E-state index in [2.05, 4.69) is 18.9 Å². The van der Waals surface area contributed by atoms with E-state index < -0.39 is 0 Å². The first kappa shape index (κ1) is 9.97. The summed E-state index contributed by atoms with van der Waals surface area (Å²) in [5.74, 6) is 1.46. The Bertz CT molecular complexity index is 215. The summed E-state index contributed by atoms with van der Waals surface area (Å²) < 4.78 is 0. The van der Waals surface area contributed by atoms with Crippen molar-refractivity contribution in [3.05, 3.63) is 0 Å². The summed E-state index contributed by atoms with van der Waals surface area (Å²) in [6, 6.07) is 0. The zero-order chi connectivity index (χ0) is 10.1. The molecular formula is C11H20N2O. The van der Waals surface area contributed by atoms with Crippen molar-refractivity contribution in [2.75, 3.05) is 33.2 Å². The lowest BCUT2D eigenvalue weighted by atomic mass is 9.92. The van der Waals surface area contributed by atoms with Crippen LogP contribution in [-0.4, -0.2) is 48.9 Å². The minimum absolute atomic E-state index is 0.318. The highest BCUT2D eigenvalue weighted by Crippen LogP contribution is 2.23. The zero-order valence-electron chi connectivity index (χ0n) is 9.20. The van der Waals surface area contributed by atoms with Gasteiger partial charge in [-0.15, -0.1) is 0 Å². The van der Waals surface area contributed by atoms with E-state index >= 15 is 0 Å². The van der Waals surface area contributed by atoms with Gasteiger partial charge >= 0.3 is 0 Å². The monoisotopic (exact) mass is 196 g/mol. The van der Waals surface area contributed by atoms with Gasteiger partial charge in [-0.05, 0) is 38.9 Å². The second-order valence-corrected chi connectivity index (χ2v) is 4.93. The molecule has 2 aliphatic heterocycles. The third-order valence-electron chi connectivity index (χ3n) is 3.44. The van der Waals surface area contributed by atoms with Gasteiger partial charge < -0.3 is 9.80 Å². The minimum atomic E-state index is 0.318. The van der Waals surface area contributed by atoms with Crippen LogP contribution in [0.15, 0.2) is 0 Å². The van der Waals surface area contributed by atoms with E-state index in [0.29, 0.717) is 11.8 Å². The molecule has 2 rings (SSSR count). The Morgan fingerprint density at radius 2 is 1.79 bits per heavy atom. The number of nitrogens with zero attached hydrogens (tertiary/aromatic N) is 2. The molecule has 2 fully saturated rings. The number of hydrogen-bond acceptors (Lipinski definition) is 2. The Morgan fingerprint density at radius 1 is 1.21 bits per heavy atom. The van der Waals surface area contributed by atoms with Gasteiger partial charge in [-0.25, -0.2) is 0 Å². The average molecular weight is 196 g/mol. The van der Waals surface area contributed by atoms with Crippen molar-refractivity contribution in [2.24, 2.45) is 11.8 Å². The molecule has 0 N–H and O–H groups in total. The van der Waals surface area contributed by atoms with Crippen LogP contribution >= 0.6 is 0 Å². The van der Waals surface area contributed by atoms with E-state index in [4.69, 9.17) is 0 Å². The third kappa shape index (κ3) is 1.92. The lowest BCUT2D eigenvalue weighted by Crippen LogP contribution is -2.52. The third-order valence-corrected chi connectivity index (χ3v) is 3.44. The van der Waals surface area contributed by atoms with Crippen molar-refractivity contribution in [1.29, 1.82) is 0 Å². The van der Waals surface area contributed by atoms with Crippen molar-refractivity contribution in [1.82, 2.24) is 9.80 Å². The number of likely N-dealkylation sites (tertiary alicyclic amines) is 2. The molecular weight excluding hydrogens is 176 g/mol. The molecule has 80 valence electrons. The molecule has 0 aromatic rings. The summed E-state index contributed by atoms with van der Waals surface area (Å²) in [5.41, 5.74) is 0. The van der Waals surface area contributed by atoms with Crippen LogP contribution in [0, 0.1) is 11.8 Å². The maximum atomic E-state index is 11.9. The van der Waals surface area contributed by atoms with Crippen LogP contribution in [0.3, 0.4) is 0 Å². The van der Waals surface area contributed by atoms with Crippen LogP contribution in [0.4, 0.5) is 0 Å². The largest absolute Gasteiger partial charge is 0.342 e. The molecule has 2 heterocycles. The SMILES string of the molecule is CC1CN(C(=O)C2CCN(C)CC2)C1. The topological polar surface area (TPSA) is 23.6 Å². The summed E-state index contributed by atoms with van der Waals surface area (Å²) in [4.78, 5) is 16.3. The number of amides is 1. The van der Waals surface area contributed by atoms with Crippen molar-refractivity contribution in [3.63, 3.8) is 0 Å². The van der Waals surface area contributed by atoms with Crippen molar-refractivity contribution < 1.29 is 4.79 Å². The van der Waals surface area contributed by atoms with Gasteiger partial charge in [0.2, 0.25) is 5.91 Å². The fourth-order valence-electron chi connectivity index (χ4n) is 2.39. The highest BCUT2D eigenvalue weighted by Gasteiger charge is 2.33. The van der Waals surface area contributed by atoms with Crippen LogP contribution in [0.5, 0.6) is 0 Å². The van der Waals surface area contributed by atoms with Crippen LogP contribution < -0.4 is 0 Å². The molecule has 0 unspecified atom stereocenters.